The van der Waals surface area contributed by atoms with Crippen LogP contribution in [0.3, 0.4) is 0 Å². The van der Waals surface area contributed by atoms with Crippen LogP contribution in [-0.2, 0) is 6.54 Å². The van der Waals surface area contributed by atoms with Crippen molar-refractivity contribution in [3.05, 3.63) is 34.5 Å². The molecule has 2 N–H and O–H groups in total. The molecule has 0 aliphatic carbocycles. The molecule has 0 aliphatic heterocycles. The molecule has 0 fully saturated rings. The third-order valence-corrected chi connectivity index (χ3v) is 3.35. The second-order valence-electron chi connectivity index (χ2n) is 5.10. The summed E-state index contributed by atoms with van der Waals surface area (Å²) in [5, 5.41) is 1.20. The third-order valence-electron chi connectivity index (χ3n) is 3.35. The molecular formula is C15H21N3. The molecular weight excluding hydrogens is 222 g/mol. The Bertz CT molecular complexity index is 600. The first-order chi connectivity index (χ1) is 8.45. The molecule has 0 spiro atoms. The van der Waals surface area contributed by atoms with Crippen molar-refractivity contribution < 1.29 is 0 Å². The second-order valence-corrected chi connectivity index (χ2v) is 5.10. The zero-order valence-electron chi connectivity index (χ0n) is 11.8. The predicted octanol–water partition coefficient (Wildman–Crippen LogP) is 2.68. The van der Waals surface area contributed by atoms with E-state index in [2.05, 4.69) is 45.0 Å². The Hall–Kier alpha value is -1.61. The van der Waals surface area contributed by atoms with E-state index in [1.54, 1.807) is 0 Å². The van der Waals surface area contributed by atoms with Crippen LogP contribution >= 0.6 is 0 Å². The van der Waals surface area contributed by atoms with Gasteiger partial charge in [-0.3, -0.25) is 4.98 Å². The van der Waals surface area contributed by atoms with E-state index in [1.165, 1.54) is 22.2 Å². The van der Waals surface area contributed by atoms with Gasteiger partial charge in [0.2, 0.25) is 0 Å². The van der Waals surface area contributed by atoms with Crippen molar-refractivity contribution in [1.29, 1.82) is 0 Å². The molecule has 2 rings (SSSR count). The second kappa shape index (κ2) is 4.58. The van der Waals surface area contributed by atoms with Gasteiger partial charge < -0.3 is 10.6 Å². The van der Waals surface area contributed by atoms with E-state index in [-0.39, 0.29) is 0 Å². The van der Waals surface area contributed by atoms with E-state index >= 15 is 0 Å². The number of benzene rings is 1. The van der Waals surface area contributed by atoms with Crippen molar-refractivity contribution in [2.75, 3.05) is 19.0 Å². The highest BCUT2D eigenvalue weighted by atomic mass is 15.1. The van der Waals surface area contributed by atoms with Crippen LogP contribution in [0.4, 0.5) is 5.69 Å². The van der Waals surface area contributed by atoms with Gasteiger partial charge in [-0.05, 0) is 32.4 Å². The van der Waals surface area contributed by atoms with Crippen molar-refractivity contribution in [3.63, 3.8) is 0 Å². The summed E-state index contributed by atoms with van der Waals surface area (Å²) in [4.78, 5) is 6.86. The quantitative estimate of drug-likeness (QED) is 0.881. The van der Waals surface area contributed by atoms with Crippen LogP contribution in [0, 0.1) is 20.8 Å². The van der Waals surface area contributed by atoms with E-state index in [0.717, 1.165) is 16.8 Å². The van der Waals surface area contributed by atoms with Crippen LogP contribution in [0.5, 0.6) is 0 Å². The molecule has 0 bridgehead atoms. The van der Waals surface area contributed by atoms with Gasteiger partial charge in [-0.1, -0.05) is 11.6 Å². The average Bonchev–Trinajstić information content (AvgIpc) is 2.28. The number of nitrogens with two attached hydrogens (primary N) is 1. The van der Waals surface area contributed by atoms with Crippen molar-refractivity contribution in [1.82, 2.24) is 4.98 Å². The third kappa shape index (κ3) is 1.95. The topological polar surface area (TPSA) is 42.1 Å². The van der Waals surface area contributed by atoms with Gasteiger partial charge in [-0.15, -0.1) is 0 Å². The Morgan fingerprint density at radius 2 is 1.83 bits per heavy atom. The van der Waals surface area contributed by atoms with E-state index in [1.807, 2.05) is 6.92 Å². The Morgan fingerprint density at radius 3 is 2.39 bits per heavy atom. The maximum Gasteiger partial charge on any atom is 0.0755 e. The van der Waals surface area contributed by atoms with Gasteiger partial charge in [0.15, 0.2) is 0 Å². The van der Waals surface area contributed by atoms with Crippen LogP contribution < -0.4 is 10.6 Å². The number of anilines is 1. The monoisotopic (exact) mass is 243 g/mol. The van der Waals surface area contributed by atoms with E-state index in [0.29, 0.717) is 6.54 Å². The number of aromatic nitrogens is 1. The standard InChI is InChI=1S/C15H21N3/c1-9-6-10(2)14-12(7-9)15(18(4)5)13(8-16)11(3)17-14/h6-7H,8,16H2,1-5H3. The van der Waals surface area contributed by atoms with Crippen LogP contribution in [-0.4, -0.2) is 19.1 Å². The molecule has 1 aromatic carbocycles. The van der Waals surface area contributed by atoms with Gasteiger partial charge in [-0.25, -0.2) is 0 Å². The first-order valence-electron chi connectivity index (χ1n) is 6.23. The highest BCUT2D eigenvalue weighted by molar-refractivity contribution is 5.96. The van der Waals surface area contributed by atoms with Crippen LogP contribution in [0.25, 0.3) is 10.9 Å². The lowest BCUT2D eigenvalue weighted by molar-refractivity contribution is 0.991. The lowest BCUT2D eigenvalue weighted by Gasteiger charge is -2.22. The fourth-order valence-corrected chi connectivity index (χ4v) is 2.61. The summed E-state index contributed by atoms with van der Waals surface area (Å²) in [5.41, 5.74) is 12.8. The number of hydrogen-bond donors (Lipinski definition) is 1. The molecule has 3 nitrogen and oxygen atoms in total. The number of aryl methyl sites for hydroxylation is 3. The van der Waals surface area contributed by atoms with E-state index in [9.17, 15) is 0 Å². The maximum atomic E-state index is 5.89. The zero-order chi connectivity index (χ0) is 13.4. The Morgan fingerprint density at radius 1 is 1.17 bits per heavy atom. The molecule has 1 heterocycles. The number of fused-ring (bicyclic) bond motifs is 1. The van der Waals surface area contributed by atoms with E-state index in [4.69, 9.17) is 10.7 Å². The molecule has 96 valence electrons. The minimum atomic E-state index is 0.523. The van der Waals surface area contributed by atoms with Crippen molar-refractivity contribution in [2.24, 2.45) is 5.73 Å². The molecule has 18 heavy (non-hydrogen) atoms. The van der Waals surface area contributed by atoms with Crippen molar-refractivity contribution in [2.45, 2.75) is 27.3 Å². The van der Waals surface area contributed by atoms with Crippen LogP contribution in [0.1, 0.15) is 22.4 Å². The summed E-state index contributed by atoms with van der Waals surface area (Å²) < 4.78 is 0. The smallest absolute Gasteiger partial charge is 0.0755 e. The molecule has 0 atom stereocenters. The first-order valence-corrected chi connectivity index (χ1v) is 6.23. The molecule has 0 saturated heterocycles. The highest BCUT2D eigenvalue weighted by Crippen LogP contribution is 2.32. The molecule has 0 saturated carbocycles. The molecule has 0 radical (unpaired) electrons. The largest absolute Gasteiger partial charge is 0.377 e. The predicted molar refractivity (Wildman–Crippen MR) is 78.2 cm³/mol. The number of nitrogens with zero attached hydrogens (tertiary/aromatic N) is 2. The average molecular weight is 243 g/mol. The molecule has 0 amide bonds. The Balaban J connectivity index is 2.97. The molecule has 0 aliphatic rings. The van der Waals surface area contributed by atoms with Crippen LogP contribution in [0.2, 0.25) is 0 Å². The summed E-state index contributed by atoms with van der Waals surface area (Å²) in [6.45, 7) is 6.79. The van der Waals surface area contributed by atoms with E-state index < -0.39 is 0 Å². The van der Waals surface area contributed by atoms with Crippen LogP contribution in [0.15, 0.2) is 12.1 Å². The summed E-state index contributed by atoms with van der Waals surface area (Å²) in [7, 11) is 4.12. The Labute approximate surface area is 109 Å². The highest BCUT2D eigenvalue weighted by Gasteiger charge is 2.14. The fraction of sp³-hybridized carbons (Fsp3) is 0.400. The van der Waals surface area contributed by atoms with Gasteiger partial charge >= 0.3 is 0 Å². The normalized spacial score (nSPS) is 11.0. The fourth-order valence-electron chi connectivity index (χ4n) is 2.61. The number of pyridine rings is 1. The lowest BCUT2D eigenvalue weighted by atomic mass is 10.0. The minimum absolute atomic E-state index is 0.523. The van der Waals surface area contributed by atoms with Gasteiger partial charge in [0.25, 0.3) is 0 Å². The van der Waals surface area contributed by atoms with Gasteiger partial charge in [-0.2, -0.15) is 0 Å². The summed E-state index contributed by atoms with van der Waals surface area (Å²) in [6, 6.07) is 4.37. The van der Waals surface area contributed by atoms with Gasteiger partial charge in [0.05, 0.1) is 11.2 Å². The molecule has 3 heteroatoms. The summed E-state index contributed by atoms with van der Waals surface area (Å²) >= 11 is 0. The SMILES string of the molecule is Cc1cc(C)c2nc(C)c(CN)c(N(C)C)c2c1. The van der Waals surface area contributed by atoms with Gasteiger partial charge in [0.1, 0.15) is 0 Å². The molecule has 1 aromatic heterocycles. The number of rotatable bonds is 2. The van der Waals surface area contributed by atoms with Crippen molar-refractivity contribution >= 4 is 16.6 Å². The summed E-state index contributed by atoms with van der Waals surface area (Å²) in [6.07, 6.45) is 0. The minimum Gasteiger partial charge on any atom is -0.377 e. The first kappa shape index (κ1) is 12.8. The maximum absolute atomic E-state index is 5.89. The van der Waals surface area contributed by atoms with Crippen molar-refractivity contribution in [3.8, 4) is 0 Å². The Kier molecular flexibility index (Phi) is 3.26. The zero-order valence-corrected chi connectivity index (χ0v) is 11.8. The summed E-state index contributed by atoms with van der Waals surface area (Å²) in [5.74, 6) is 0. The molecule has 2 aromatic rings. The number of hydrogen-bond acceptors (Lipinski definition) is 3. The molecule has 0 unspecified atom stereocenters. The van der Waals surface area contributed by atoms with Gasteiger partial charge in [0, 0.05) is 37.3 Å². The lowest BCUT2D eigenvalue weighted by Crippen LogP contribution is -2.16.